The molecule has 1 unspecified atom stereocenters. The Morgan fingerprint density at radius 1 is 0.917 bits per heavy atom. The van der Waals surface area contributed by atoms with E-state index in [1.807, 2.05) is 78.9 Å². The van der Waals surface area contributed by atoms with Crippen LogP contribution in [0.4, 0.5) is 0 Å². The van der Waals surface area contributed by atoms with Crippen LogP contribution in [-0.4, -0.2) is 12.9 Å². The van der Waals surface area contributed by atoms with Gasteiger partial charge in [0.1, 0.15) is 5.75 Å². The second-order valence-corrected chi connectivity index (χ2v) is 10.7. The first kappa shape index (κ1) is 24.4. The van der Waals surface area contributed by atoms with Crippen molar-refractivity contribution in [2.45, 2.75) is 26.2 Å². The summed E-state index contributed by atoms with van der Waals surface area (Å²) in [5.41, 5.74) is 6.20. The van der Waals surface area contributed by atoms with Gasteiger partial charge in [-0.15, -0.1) is 0 Å². The minimum atomic E-state index is -0.352. The molecule has 1 heterocycles. The first-order valence-electron chi connectivity index (χ1n) is 11.9. The van der Waals surface area contributed by atoms with Crippen LogP contribution in [0.1, 0.15) is 42.9 Å². The molecule has 1 aliphatic carbocycles. The van der Waals surface area contributed by atoms with Gasteiger partial charge in [-0.25, -0.2) is 0 Å². The second-order valence-electron chi connectivity index (χ2n) is 9.85. The summed E-state index contributed by atoms with van der Waals surface area (Å²) in [5.74, 6) is 0.647. The lowest BCUT2D eigenvalue weighted by Crippen LogP contribution is -2.37. The fraction of sp³-hybridized carbons (Fsp3) is 0.194. The van der Waals surface area contributed by atoms with Crippen LogP contribution < -0.4 is 10.1 Å². The molecule has 0 bridgehead atoms. The number of benzene rings is 3. The number of ketones is 1. The van der Waals surface area contributed by atoms with Gasteiger partial charge in [-0.05, 0) is 77.1 Å². The molecule has 0 fully saturated rings. The topological polar surface area (TPSA) is 38.3 Å². The third-order valence-electron chi connectivity index (χ3n) is 6.90. The molecule has 5 heteroatoms. The average molecular weight is 516 g/mol. The molecule has 2 aliphatic rings. The van der Waals surface area contributed by atoms with Crippen LogP contribution in [0.5, 0.6) is 5.75 Å². The minimum Gasteiger partial charge on any atom is -0.497 e. The summed E-state index contributed by atoms with van der Waals surface area (Å²) in [5, 5.41) is 4.96. The lowest BCUT2D eigenvalue weighted by atomic mass is 9.67. The predicted molar refractivity (Wildman–Crippen MR) is 148 cm³/mol. The molecular weight excluding hydrogens is 489 g/mol. The summed E-state index contributed by atoms with van der Waals surface area (Å²) in [7, 11) is 1.65. The van der Waals surface area contributed by atoms with E-state index in [0.29, 0.717) is 16.5 Å². The van der Waals surface area contributed by atoms with E-state index < -0.39 is 0 Å². The Hall–Kier alpha value is -3.27. The third-order valence-corrected chi connectivity index (χ3v) is 7.41. The molecule has 0 aromatic heterocycles. The maximum absolute atomic E-state index is 14.2. The number of allylic oxidation sites excluding steroid dienone is 4. The van der Waals surface area contributed by atoms with Crippen molar-refractivity contribution in [3.8, 4) is 5.75 Å². The monoisotopic (exact) mass is 515 g/mol. The summed E-state index contributed by atoms with van der Waals surface area (Å²) in [4.78, 5) is 14.2. The number of carbonyl (C=O) groups excluding carboxylic acids is 1. The SMILES string of the molecule is COc1ccc(C2C=C(c3ccc(Cl)cc3)NC3=C2C(=O)/C(=C\c2ccc(Cl)cc2)C(C)(C)C3)cc1. The molecule has 1 aliphatic heterocycles. The van der Waals surface area contributed by atoms with Gasteiger partial charge >= 0.3 is 0 Å². The Balaban J connectivity index is 1.63. The Morgan fingerprint density at radius 2 is 1.53 bits per heavy atom. The number of Topliss-reactive ketones (excluding diaryl/α,β-unsaturated/α-hetero) is 1. The van der Waals surface area contributed by atoms with Gasteiger partial charge in [0.2, 0.25) is 0 Å². The lowest BCUT2D eigenvalue weighted by molar-refractivity contribution is -0.113. The van der Waals surface area contributed by atoms with Gasteiger partial charge in [0.25, 0.3) is 0 Å². The Morgan fingerprint density at radius 3 is 2.14 bits per heavy atom. The molecule has 3 nitrogen and oxygen atoms in total. The van der Waals surface area contributed by atoms with E-state index in [0.717, 1.165) is 45.0 Å². The van der Waals surface area contributed by atoms with Crippen molar-refractivity contribution in [1.82, 2.24) is 5.32 Å². The zero-order valence-electron chi connectivity index (χ0n) is 20.4. The number of halogens is 2. The average Bonchev–Trinajstić information content (AvgIpc) is 2.87. The van der Waals surface area contributed by atoms with Crippen molar-refractivity contribution in [3.63, 3.8) is 0 Å². The number of dihydropyridines is 1. The zero-order chi connectivity index (χ0) is 25.4. The largest absolute Gasteiger partial charge is 0.497 e. The van der Waals surface area contributed by atoms with Gasteiger partial charge in [0.05, 0.1) is 7.11 Å². The molecule has 5 rings (SSSR count). The minimum absolute atomic E-state index is 0.0657. The highest BCUT2D eigenvalue weighted by molar-refractivity contribution is 6.30. The van der Waals surface area contributed by atoms with Crippen LogP contribution in [0, 0.1) is 5.41 Å². The van der Waals surface area contributed by atoms with Crippen molar-refractivity contribution in [1.29, 1.82) is 0 Å². The van der Waals surface area contributed by atoms with Crippen molar-refractivity contribution in [2.75, 3.05) is 7.11 Å². The van der Waals surface area contributed by atoms with Crippen molar-refractivity contribution < 1.29 is 9.53 Å². The van der Waals surface area contributed by atoms with Crippen LogP contribution in [0.25, 0.3) is 11.8 Å². The number of hydrogen-bond donors (Lipinski definition) is 1. The number of rotatable bonds is 4. The van der Waals surface area contributed by atoms with E-state index in [1.54, 1.807) is 7.11 Å². The van der Waals surface area contributed by atoms with Gasteiger partial charge in [-0.3, -0.25) is 4.79 Å². The fourth-order valence-electron chi connectivity index (χ4n) is 4.98. The molecule has 0 spiro atoms. The van der Waals surface area contributed by atoms with Crippen LogP contribution >= 0.6 is 23.2 Å². The quantitative estimate of drug-likeness (QED) is 0.357. The van der Waals surface area contributed by atoms with E-state index in [9.17, 15) is 4.79 Å². The molecule has 3 aromatic rings. The van der Waals surface area contributed by atoms with Crippen LogP contribution in [0.2, 0.25) is 10.0 Å². The Bertz CT molecular complexity index is 1400. The van der Waals surface area contributed by atoms with Gasteiger partial charge in [-0.2, -0.15) is 0 Å². The van der Waals surface area contributed by atoms with E-state index >= 15 is 0 Å². The van der Waals surface area contributed by atoms with E-state index in [4.69, 9.17) is 27.9 Å². The molecule has 3 aromatic carbocycles. The number of hydrogen-bond acceptors (Lipinski definition) is 3. The number of nitrogens with one attached hydrogen (secondary N) is 1. The first-order chi connectivity index (χ1) is 17.2. The highest BCUT2D eigenvalue weighted by Crippen LogP contribution is 2.48. The Labute approximate surface area is 222 Å². The third kappa shape index (κ3) is 4.74. The highest BCUT2D eigenvalue weighted by Gasteiger charge is 2.42. The van der Waals surface area contributed by atoms with E-state index in [1.165, 1.54) is 0 Å². The summed E-state index contributed by atoms with van der Waals surface area (Å²) in [6.07, 6.45) is 4.86. The van der Waals surface area contributed by atoms with Gasteiger partial charge < -0.3 is 10.1 Å². The van der Waals surface area contributed by atoms with Crippen molar-refractivity contribution in [2.24, 2.45) is 5.41 Å². The van der Waals surface area contributed by atoms with Gasteiger partial charge in [0.15, 0.2) is 5.78 Å². The summed E-state index contributed by atoms with van der Waals surface area (Å²) in [6, 6.07) is 23.3. The molecule has 182 valence electrons. The maximum Gasteiger partial charge on any atom is 0.188 e. The van der Waals surface area contributed by atoms with Crippen LogP contribution in [0.15, 0.2) is 95.7 Å². The standard InChI is InChI=1S/C31H27Cl2NO2/c1-31(2)18-28-29(30(35)26(31)16-19-4-10-22(32)11-5-19)25(20-8-14-24(36-3)15-9-20)17-27(34-28)21-6-12-23(33)13-7-21/h4-17,25,34H,18H2,1-3H3/b26-16+. The summed E-state index contributed by atoms with van der Waals surface area (Å²) in [6.45, 7) is 4.25. The zero-order valence-corrected chi connectivity index (χ0v) is 22.0. The molecule has 0 amide bonds. The maximum atomic E-state index is 14.2. The molecule has 36 heavy (non-hydrogen) atoms. The van der Waals surface area contributed by atoms with E-state index in [-0.39, 0.29) is 17.1 Å². The number of carbonyl (C=O) groups is 1. The summed E-state index contributed by atoms with van der Waals surface area (Å²) < 4.78 is 5.37. The van der Waals surface area contributed by atoms with Crippen molar-refractivity contribution in [3.05, 3.63) is 122 Å². The highest BCUT2D eigenvalue weighted by atomic mass is 35.5. The predicted octanol–water partition coefficient (Wildman–Crippen LogP) is 8.07. The lowest BCUT2D eigenvalue weighted by Gasteiger charge is -2.40. The van der Waals surface area contributed by atoms with Gasteiger partial charge in [-0.1, -0.05) is 73.4 Å². The smallest absolute Gasteiger partial charge is 0.188 e. The fourth-order valence-corrected chi connectivity index (χ4v) is 5.23. The normalized spacial score (nSPS) is 20.0. The van der Waals surface area contributed by atoms with Crippen LogP contribution in [0.3, 0.4) is 0 Å². The van der Waals surface area contributed by atoms with Gasteiger partial charge in [0, 0.05) is 38.5 Å². The molecule has 0 saturated heterocycles. The molecular formula is C31H27Cl2NO2. The number of methoxy groups -OCH3 is 1. The molecule has 0 saturated carbocycles. The first-order valence-corrected chi connectivity index (χ1v) is 12.6. The molecule has 0 radical (unpaired) electrons. The number of ether oxygens (including phenoxy) is 1. The van der Waals surface area contributed by atoms with E-state index in [2.05, 4.69) is 25.2 Å². The molecule has 1 atom stereocenters. The molecule has 1 N–H and O–H groups in total. The van der Waals surface area contributed by atoms with Crippen LogP contribution in [-0.2, 0) is 4.79 Å². The summed E-state index contributed by atoms with van der Waals surface area (Å²) >= 11 is 12.2. The Kier molecular flexibility index (Phi) is 6.55. The second kappa shape index (κ2) is 9.65. The van der Waals surface area contributed by atoms with Crippen molar-refractivity contribution >= 4 is 40.8 Å².